The lowest BCUT2D eigenvalue weighted by atomic mass is 9.50. The van der Waals surface area contributed by atoms with Crippen LogP contribution in [-0.2, 0) is 11.8 Å². The molecule has 22 heavy (non-hydrogen) atoms. The summed E-state index contributed by atoms with van der Waals surface area (Å²) in [7, 11) is 4.00. The number of hydrogen-bond donors (Lipinski definition) is 1. The highest BCUT2D eigenvalue weighted by molar-refractivity contribution is 5.61. The number of likely N-dealkylation sites (tertiary alicyclic amines) is 1. The molecule has 1 aromatic rings. The molecular weight excluding hydrogens is 276 g/mol. The van der Waals surface area contributed by atoms with Gasteiger partial charge >= 0.3 is 0 Å². The molecule has 4 aliphatic rings. The van der Waals surface area contributed by atoms with E-state index in [-0.39, 0.29) is 11.5 Å². The second-order valence-electron chi connectivity index (χ2n) is 7.55. The van der Waals surface area contributed by atoms with Gasteiger partial charge in [-0.15, -0.1) is 0 Å². The van der Waals surface area contributed by atoms with Crippen molar-refractivity contribution in [2.24, 2.45) is 11.7 Å². The normalized spacial score (nSPS) is 41.8. The summed E-state index contributed by atoms with van der Waals surface area (Å²) in [4.78, 5) is 2.53. The first-order valence-electron chi connectivity index (χ1n) is 8.49. The number of likely N-dealkylation sites (N-methyl/N-ethyl adjacent to an activating group) is 1. The van der Waals surface area contributed by atoms with Crippen LogP contribution in [0.4, 0.5) is 0 Å². The van der Waals surface area contributed by atoms with Gasteiger partial charge in [-0.1, -0.05) is 6.07 Å². The van der Waals surface area contributed by atoms with Crippen LogP contribution in [0, 0.1) is 5.92 Å². The fourth-order valence-corrected chi connectivity index (χ4v) is 5.96. The fraction of sp³-hybridized carbons (Fsp3) is 0.667. The minimum absolute atomic E-state index is 0.131. The largest absolute Gasteiger partial charge is 0.493 e. The zero-order valence-electron chi connectivity index (χ0n) is 13.3. The summed E-state index contributed by atoms with van der Waals surface area (Å²) in [5, 5.41) is 0. The number of piperidine rings is 1. The monoisotopic (exact) mass is 300 g/mol. The summed E-state index contributed by atoms with van der Waals surface area (Å²) in [5.74, 6) is 2.44. The molecule has 2 aliphatic heterocycles. The number of nitrogens with zero attached hydrogens (tertiary/aromatic N) is 1. The fourth-order valence-electron chi connectivity index (χ4n) is 5.96. The zero-order chi connectivity index (χ0) is 15.1. The second kappa shape index (κ2) is 4.18. The van der Waals surface area contributed by atoms with Crippen LogP contribution in [0.2, 0.25) is 0 Å². The lowest BCUT2D eigenvalue weighted by Gasteiger charge is -2.59. The van der Waals surface area contributed by atoms with E-state index in [9.17, 15) is 0 Å². The van der Waals surface area contributed by atoms with Crippen LogP contribution in [-0.4, -0.2) is 43.8 Å². The maximum Gasteiger partial charge on any atom is 0.165 e. The van der Waals surface area contributed by atoms with E-state index in [2.05, 4.69) is 24.1 Å². The summed E-state index contributed by atoms with van der Waals surface area (Å²) in [6.07, 6.45) is 4.70. The second-order valence-corrected chi connectivity index (χ2v) is 7.55. The Hall–Kier alpha value is -1.26. The Morgan fingerprint density at radius 1 is 1.36 bits per heavy atom. The molecular formula is C18H24N2O2. The van der Waals surface area contributed by atoms with E-state index in [0.29, 0.717) is 18.1 Å². The lowest BCUT2D eigenvalue weighted by molar-refractivity contribution is -0.0525. The molecule has 5 unspecified atom stereocenters. The highest BCUT2D eigenvalue weighted by Gasteiger charge is 2.65. The van der Waals surface area contributed by atoms with Crippen LogP contribution in [0.3, 0.4) is 0 Å². The maximum absolute atomic E-state index is 6.64. The molecule has 4 nitrogen and oxygen atoms in total. The van der Waals surface area contributed by atoms with E-state index in [1.165, 1.54) is 11.1 Å². The van der Waals surface area contributed by atoms with E-state index in [1.54, 1.807) is 7.11 Å². The Kier molecular flexibility index (Phi) is 2.51. The molecule has 2 N–H and O–H groups in total. The highest BCUT2D eigenvalue weighted by Crippen LogP contribution is 2.63. The lowest BCUT2D eigenvalue weighted by Crippen LogP contribution is -2.68. The molecule has 4 heteroatoms. The third kappa shape index (κ3) is 1.32. The number of ether oxygens (including phenoxy) is 2. The van der Waals surface area contributed by atoms with Gasteiger partial charge in [0.25, 0.3) is 0 Å². The summed E-state index contributed by atoms with van der Waals surface area (Å²) >= 11 is 0. The van der Waals surface area contributed by atoms with Gasteiger partial charge in [0.2, 0.25) is 0 Å². The Balaban J connectivity index is 1.80. The van der Waals surface area contributed by atoms with Gasteiger partial charge in [-0.05, 0) is 50.9 Å². The summed E-state index contributed by atoms with van der Waals surface area (Å²) in [5.41, 5.74) is 9.67. The Morgan fingerprint density at radius 2 is 2.23 bits per heavy atom. The van der Waals surface area contributed by atoms with Gasteiger partial charge in [0.15, 0.2) is 11.5 Å². The first kappa shape index (κ1) is 13.2. The number of methoxy groups -OCH3 is 1. The molecule has 2 bridgehead atoms. The first-order valence-corrected chi connectivity index (χ1v) is 8.49. The van der Waals surface area contributed by atoms with Crippen molar-refractivity contribution in [1.29, 1.82) is 0 Å². The summed E-state index contributed by atoms with van der Waals surface area (Å²) in [6.45, 7) is 1.14. The Labute approximate surface area is 131 Å². The summed E-state index contributed by atoms with van der Waals surface area (Å²) < 4.78 is 12.1. The van der Waals surface area contributed by atoms with Crippen molar-refractivity contribution in [3.8, 4) is 11.5 Å². The predicted octanol–water partition coefficient (Wildman–Crippen LogP) is 1.69. The van der Waals surface area contributed by atoms with Crippen LogP contribution >= 0.6 is 0 Å². The Morgan fingerprint density at radius 3 is 3.05 bits per heavy atom. The molecule has 5 rings (SSSR count). The van der Waals surface area contributed by atoms with E-state index in [1.807, 2.05) is 0 Å². The molecule has 5 atom stereocenters. The SMILES string of the molecule is COc1ccc2c3c1OC1CCC(N)C4C(C2)N(C)CCC314. The minimum Gasteiger partial charge on any atom is -0.493 e. The first-order chi connectivity index (χ1) is 10.7. The molecule has 0 amide bonds. The number of hydrogen-bond acceptors (Lipinski definition) is 4. The average molecular weight is 300 g/mol. The quantitative estimate of drug-likeness (QED) is 0.857. The molecule has 0 aromatic heterocycles. The zero-order valence-corrected chi connectivity index (χ0v) is 13.3. The smallest absolute Gasteiger partial charge is 0.165 e. The average Bonchev–Trinajstić information content (AvgIpc) is 2.86. The van der Waals surface area contributed by atoms with E-state index in [4.69, 9.17) is 15.2 Å². The van der Waals surface area contributed by atoms with Crippen LogP contribution < -0.4 is 15.2 Å². The van der Waals surface area contributed by atoms with Crippen LogP contribution in [0.5, 0.6) is 11.5 Å². The van der Waals surface area contributed by atoms with Crippen molar-refractivity contribution >= 4 is 0 Å². The van der Waals surface area contributed by atoms with Crippen LogP contribution in [0.25, 0.3) is 0 Å². The third-order valence-corrected chi connectivity index (χ3v) is 6.83. The van der Waals surface area contributed by atoms with E-state index in [0.717, 1.165) is 43.7 Å². The highest BCUT2D eigenvalue weighted by atomic mass is 16.5. The van der Waals surface area contributed by atoms with E-state index >= 15 is 0 Å². The topological polar surface area (TPSA) is 47.7 Å². The molecule has 1 saturated carbocycles. The molecule has 2 aliphatic carbocycles. The van der Waals surface area contributed by atoms with Gasteiger partial charge in [-0.3, -0.25) is 0 Å². The predicted molar refractivity (Wildman–Crippen MR) is 84.5 cm³/mol. The van der Waals surface area contributed by atoms with Crippen molar-refractivity contribution < 1.29 is 9.47 Å². The minimum atomic E-state index is 0.131. The van der Waals surface area contributed by atoms with Crippen molar-refractivity contribution in [1.82, 2.24) is 4.90 Å². The van der Waals surface area contributed by atoms with E-state index < -0.39 is 0 Å². The van der Waals surface area contributed by atoms with Crippen LogP contribution in [0.15, 0.2) is 12.1 Å². The standard InChI is InChI=1S/C18H24N2O2/c1-20-8-7-18-14-6-4-11(19)16(18)12(20)9-10-3-5-13(21-2)17(22-14)15(10)18/h3,5,11-12,14,16H,4,6-9,19H2,1-2H3. The molecule has 118 valence electrons. The molecule has 1 saturated heterocycles. The van der Waals surface area contributed by atoms with Crippen molar-refractivity contribution in [3.05, 3.63) is 23.3 Å². The van der Waals surface area contributed by atoms with Crippen molar-refractivity contribution in [3.63, 3.8) is 0 Å². The number of benzene rings is 1. The van der Waals surface area contributed by atoms with Gasteiger partial charge in [-0.25, -0.2) is 0 Å². The Bertz CT molecular complexity index is 646. The molecule has 2 heterocycles. The number of nitrogens with two attached hydrogens (primary N) is 1. The van der Waals surface area contributed by atoms with Gasteiger partial charge in [0.05, 0.1) is 7.11 Å². The molecule has 1 aromatic carbocycles. The van der Waals surface area contributed by atoms with Crippen LogP contribution in [0.1, 0.15) is 30.4 Å². The van der Waals surface area contributed by atoms with Gasteiger partial charge < -0.3 is 20.1 Å². The van der Waals surface area contributed by atoms with Crippen molar-refractivity contribution in [2.45, 2.75) is 49.3 Å². The van der Waals surface area contributed by atoms with Gasteiger partial charge in [0.1, 0.15) is 6.10 Å². The van der Waals surface area contributed by atoms with Crippen molar-refractivity contribution in [2.75, 3.05) is 20.7 Å². The molecule has 0 radical (unpaired) electrons. The van der Waals surface area contributed by atoms with Gasteiger partial charge in [-0.2, -0.15) is 0 Å². The molecule has 1 spiro atoms. The maximum atomic E-state index is 6.64. The number of rotatable bonds is 1. The van der Waals surface area contributed by atoms with Gasteiger partial charge in [0, 0.05) is 29.0 Å². The molecule has 2 fully saturated rings. The summed E-state index contributed by atoms with van der Waals surface area (Å²) in [6, 6.07) is 5.19. The third-order valence-electron chi connectivity index (χ3n) is 6.83.